The Morgan fingerprint density at radius 2 is 1.58 bits per heavy atom. The Morgan fingerprint density at radius 1 is 0.962 bits per heavy atom. The molecule has 0 fully saturated rings. The van der Waals surface area contributed by atoms with Crippen LogP contribution in [0.3, 0.4) is 0 Å². The zero-order chi connectivity index (χ0) is 19.1. The summed E-state index contributed by atoms with van der Waals surface area (Å²) in [5.74, 6) is 0.276. The van der Waals surface area contributed by atoms with Crippen molar-refractivity contribution in [1.82, 2.24) is 0 Å². The van der Waals surface area contributed by atoms with Crippen LogP contribution in [0.25, 0.3) is 0 Å². The number of hydrogen-bond donors (Lipinski definition) is 2. The molecule has 0 aliphatic heterocycles. The summed E-state index contributed by atoms with van der Waals surface area (Å²) in [6, 6.07) is 7.14. The molecular weight excluding hydrogens is 355 g/mol. The molecule has 0 spiro atoms. The van der Waals surface area contributed by atoms with Gasteiger partial charge in [0.15, 0.2) is 6.79 Å². The molecule has 0 saturated heterocycles. The van der Waals surface area contributed by atoms with Gasteiger partial charge in [0.05, 0.1) is 13.2 Å². The summed E-state index contributed by atoms with van der Waals surface area (Å²) < 4.78 is 26.1. The fraction of sp³-hybridized carbons (Fsp3) is 0.684. The Labute approximate surface area is 157 Å². The number of unbranched alkanes of at least 4 members (excludes halogenated alkanes) is 7. The highest BCUT2D eigenvalue weighted by molar-refractivity contribution is 7.47. The number of phosphoric ester groups is 1. The molecule has 0 aromatic heterocycles. The van der Waals surface area contributed by atoms with Crippen molar-refractivity contribution >= 4 is 7.82 Å². The van der Waals surface area contributed by atoms with E-state index in [4.69, 9.17) is 14.4 Å². The predicted octanol–water partition coefficient (Wildman–Crippen LogP) is 4.83. The minimum Gasteiger partial charge on any atom is -0.404 e. The van der Waals surface area contributed by atoms with Gasteiger partial charge in [-0.05, 0) is 30.5 Å². The summed E-state index contributed by atoms with van der Waals surface area (Å²) in [7, 11) is -4.22. The van der Waals surface area contributed by atoms with Crippen molar-refractivity contribution in [2.24, 2.45) is 0 Å². The average Bonchev–Trinajstić information content (AvgIpc) is 2.62. The molecule has 1 unspecified atom stereocenters. The molecule has 0 radical (unpaired) electrons. The van der Waals surface area contributed by atoms with Gasteiger partial charge in [0, 0.05) is 0 Å². The van der Waals surface area contributed by atoms with Gasteiger partial charge in [-0.2, -0.15) is 0 Å². The first-order chi connectivity index (χ1) is 12.6. The zero-order valence-electron chi connectivity index (χ0n) is 15.8. The fourth-order valence-electron chi connectivity index (χ4n) is 2.57. The van der Waals surface area contributed by atoms with Crippen molar-refractivity contribution < 1.29 is 28.3 Å². The van der Waals surface area contributed by atoms with Gasteiger partial charge in [0.1, 0.15) is 5.75 Å². The highest BCUT2D eigenvalue weighted by Gasteiger charge is 2.22. The first-order valence-corrected chi connectivity index (χ1v) is 11.0. The fourth-order valence-corrected chi connectivity index (χ4v) is 3.22. The van der Waals surface area contributed by atoms with Gasteiger partial charge in [-0.15, -0.1) is 0 Å². The van der Waals surface area contributed by atoms with E-state index in [2.05, 4.69) is 11.4 Å². The number of phosphoric acid groups is 1. The molecule has 1 atom stereocenters. The van der Waals surface area contributed by atoms with Gasteiger partial charge in [0.25, 0.3) is 0 Å². The molecule has 1 rings (SSSR count). The second-order valence-electron chi connectivity index (χ2n) is 6.31. The molecule has 150 valence electrons. The number of rotatable bonds is 16. The Morgan fingerprint density at radius 3 is 2.19 bits per heavy atom. The van der Waals surface area contributed by atoms with E-state index >= 15 is 0 Å². The van der Waals surface area contributed by atoms with Crippen molar-refractivity contribution in [3.8, 4) is 5.75 Å². The third kappa shape index (κ3) is 11.7. The lowest BCUT2D eigenvalue weighted by atomic mass is 10.0. The van der Waals surface area contributed by atoms with Gasteiger partial charge in [-0.3, -0.25) is 4.89 Å². The van der Waals surface area contributed by atoms with Crippen molar-refractivity contribution in [3.63, 3.8) is 0 Å². The van der Waals surface area contributed by atoms with Crippen LogP contribution in [0, 0.1) is 0 Å². The molecular formula is C19H33O6P. The minimum atomic E-state index is -4.22. The van der Waals surface area contributed by atoms with E-state index in [-0.39, 0.29) is 19.0 Å². The van der Waals surface area contributed by atoms with Gasteiger partial charge >= 0.3 is 7.82 Å². The largest absolute Gasteiger partial charge is 0.529 e. The van der Waals surface area contributed by atoms with E-state index in [0.717, 1.165) is 12.8 Å². The van der Waals surface area contributed by atoms with Crippen LogP contribution in [0.2, 0.25) is 0 Å². The van der Waals surface area contributed by atoms with E-state index in [1.54, 1.807) is 12.1 Å². The van der Waals surface area contributed by atoms with Crippen LogP contribution < -0.4 is 4.52 Å². The SMILES string of the molecule is CCCCCCCCCCc1ccc(OP(=O)(O)OCOCCO)cc1. The van der Waals surface area contributed by atoms with Crippen LogP contribution in [-0.2, 0) is 20.2 Å². The number of aliphatic hydroxyl groups excluding tert-OH is 1. The molecule has 0 aliphatic carbocycles. The van der Waals surface area contributed by atoms with E-state index in [0.29, 0.717) is 0 Å². The van der Waals surface area contributed by atoms with Crippen molar-refractivity contribution in [2.45, 2.75) is 64.7 Å². The third-order valence-corrected chi connectivity index (χ3v) is 4.87. The van der Waals surface area contributed by atoms with Crippen LogP contribution in [0.5, 0.6) is 5.75 Å². The topological polar surface area (TPSA) is 85.2 Å². The summed E-state index contributed by atoms with van der Waals surface area (Å²) in [5, 5.41) is 8.55. The van der Waals surface area contributed by atoms with Crippen LogP contribution in [-0.4, -0.2) is 30.0 Å². The molecule has 0 heterocycles. The number of benzene rings is 1. The Balaban J connectivity index is 2.21. The summed E-state index contributed by atoms with van der Waals surface area (Å²) in [4.78, 5) is 9.58. The Bertz CT molecular complexity index is 505. The van der Waals surface area contributed by atoms with Crippen LogP contribution in [0.1, 0.15) is 63.9 Å². The van der Waals surface area contributed by atoms with Crippen LogP contribution >= 0.6 is 7.82 Å². The maximum absolute atomic E-state index is 11.7. The number of ether oxygens (including phenoxy) is 1. The van der Waals surface area contributed by atoms with Gasteiger partial charge in [-0.25, -0.2) is 9.09 Å². The van der Waals surface area contributed by atoms with E-state index in [9.17, 15) is 9.46 Å². The van der Waals surface area contributed by atoms with E-state index < -0.39 is 14.6 Å². The first-order valence-electron chi connectivity index (χ1n) is 9.52. The summed E-state index contributed by atoms with van der Waals surface area (Å²) in [6.45, 7) is 1.68. The standard InChI is InChI=1S/C19H33O6P/c1-2-3-4-5-6-7-8-9-10-18-11-13-19(14-12-18)25-26(21,22)24-17-23-16-15-20/h11-14,20H,2-10,15-17H2,1H3,(H,21,22). The monoisotopic (exact) mass is 388 g/mol. The Hall–Kier alpha value is -0.910. The lowest BCUT2D eigenvalue weighted by Gasteiger charge is -2.13. The molecule has 7 heteroatoms. The molecule has 0 bridgehead atoms. The highest BCUT2D eigenvalue weighted by Crippen LogP contribution is 2.43. The summed E-state index contributed by atoms with van der Waals surface area (Å²) in [5.41, 5.74) is 1.18. The number of aliphatic hydroxyl groups is 1. The smallest absolute Gasteiger partial charge is 0.404 e. The second kappa shape index (κ2) is 14.2. The second-order valence-corrected chi connectivity index (χ2v) is 7.69. The van der Waals surface area contributed by atoms with Crippen molar-refractivity contribution in [2.75, 3.05) is 20.0 Å². The van der Waals surface area contributed by atoms with Gasteiger partial charge in [0.2, 0.25) is 0 Å². The van der Waals surface area contributed by atoms with Crippen LogP contribution in [0.4, 0.5) is 0 Å². The number of aryl methyl sites for hydroxylation is 1. The average molecular weight is 388 g/mol. The molecule has 0 saturated carbocycles. The molecule has 1 aromatic carbocycles. The summed E-state index contributed by atoms with van der Waals surface area (Å²) in [6.07, 6.45) is 11.3. The lowest BCUT2D eigenvalue weighted by Crippen LogP contribution is -2.05. The molecule has 1 aromatic rings. The number of hydrogen-bond acceptors (Lipinski definition) is 5. The van der Waals surface area contributed by atoms with Gasteiger partial charge < -0.3 is 14.4 Å². The van der Waals surface area contributed by atoms with E-state index in [1.165, 1.54) is 50.5 Å². The maximum atomic E-state index is 11.7. The molecule has 26 heavy (non-hydrogen) atoms. The normalized spacial score (nSPS) is 13.5. The first kappa shape index (κ1) is 23.1. The van der Waals surface area contributed by atoms with E-state index in [1.807, 2.05) is 12.1 Å². The third-order valence-electron chi connectivity index (χ3n) is 4.00. The highest BCUT2D eigenvalue weighted by atomic mass is 31.2. The van der Waals surface area contributed by atoms with Crippen LogP contribution in [0.15, 0.2) is 24.3 Å². The molecule has 6 nitrogen and oxygen atoms in total. The lowest BCUT2D eigenvalue weighted by molar-refractivity contribution is -0.0138. The van der Waals surface area contributed by atoms with Crippen molar-refractivity contribution in [3.05, 3.63) is 29.8 Å². The van der Waals surface area contributed by atoms with Gasteiger partial charge in [-0.1, -0.05) is 64.0 Å². The zero-order valence-corrected chi connectivity index (χ0v) is 16.7. The Kier molecular flexibility index (Phi) is 12.6. The quantitative estimate of drug-likeness (QED) is 0.240. The van der Waals surface area contributed by atoms with Crippen molar-refractivity contribution in [1.29, 1.82) is 0 Å². The maximum Gasteiger partial charge on any atom is 0.529 e. The molecule has 0 amide bonds. The minimum absolute atomic E-state index is 0.0352. The predicted molar refractivity (Wildman–Crippen MR) is 102 cm³/mol. The molecule has 0 aliphatic rings. The summed E-state index contributed by atoms with van der Waals surface area (Å²) >= 11 is 0. The molecule has 2 N–H and O–H groups in total.